The quantitative estimate of drug-likeness (QED) is 0.868. The Hall–Kier alpha value is -1.22. The van der Waals surface area contributed by atoms with Crippen LogP contribution < -0.4 is 10.2 Å². The van der Waals surface area contributed by atoms with Gasteiger partial charge >= 0.3 is 0 Å². The van der Waals surface area contributed by atoms with E-state index in [4.69, 9.17) is 4.74 Å². The molecule has 2 heterocycles. The molecule has 1 N–H and O–H groups in total. The van der Waals surface area contributed by atoms with E-state index in [9.17, 15) is 0 Å². The Labute approximate surface area is 109 Å². The van der Waals surface area contributed by atoms with Crippen molar-refractivity contribution in [1.29, 1.82) is 0 Å². The van der Waals surface area contributed by atoms with E-state index >= 15 is 0 Å². The molecule has 2 aliphatic rings. The van der Waals surface area contributed by atoms with Gasteiger partial charge in [0, 0.05) is 31.0 Å². The first-order valence-corrected chi connectivity index (χ1v) is 7.10. The second-order valence-corrected chi connectivity index (χ2v) is 5.22. The predicted molar refractivity (Wildman–Crippen MR) is 75.5 cm³/mol. The molecule has 1 atom stereocenters. The summed E-state index contributed by atoms with van der Waals surface area (Å²) in [5.74, 6) is 0. The molecule has 0 saturated carbocycles. The van der Waals surface area contributed by atoms with Crippen LogP contribution in [0.3, 0.4) is 0 Å². The fourth-order valence-corrected chi connectivity index (χ4v) is 2.86. The van der Waals surface area contributed by atoms with Crippen LogP contribution in [-0.4, -0.2) is 32.3 Å². The van der Waals surface area contributed by atoms with Gasteiger partial charge in [-0.2, -0.15) is 0 Å². The first kappa shape index (κ1) is 11.8. The van der Waals surface area contributed by atoms with E-state index in [1.807, 2.05) is 0 Å². The van der Waals surface area contributed by atoms with Crippen molar-refractivity contribution in [1.82, 2.24) is 0 Å². The summed E-state index contributed by atoms with van der Waals surface area (Å²) < 4.78 is 5.74. The second kappa shape index (κ2) is 5.19. The molecule has 3 heteroatoms. The van der Waals surface area contributed by atoms with Gasteiger partial charge in [-0.25, -0.2) is 0 Å². The summed E-state index contributed by atoms with van der Waals surface area (Å²) in [5.41, 5.74) is 4.16. The van der Waals surface area contributed by atoms with Crippen molar-refractivity contribution < 1.29 is 4.74 Å². The summed E-state index contributed by atoms with van der Waals surface area (Å²) in [6.45, 7) is 6.21. The zero-order valence-corrected chi connectivity index (χ0v) is 11.1. The number of nitrogens with one attached hydrogen (secondary N) is 1. The lowest BCUT2D eigenvalue weighted by molar-refractivity contribution is 0.0384. The number of aryl methyl sites for hydroxylation is 1. The monoisotopic (exact) mass is 246 g/mol. The Bertz CT molecular complexity index is 419. The fourth-order valence-electron chi connectivity index (χ4n) is 2.86. The van der Waals surface area contributed by atoms with Gasteiger partial charge in [0.2, 0.25) is 0 Å². The molecule has 1 aromatic carbocycles. The molecule has 1 aromatic rings. The maximum atomic E-state index is 5.74. The van der Waals surface area contributed by atoms with Gasteiger partial charge in [0.05, 0.1) is 12.7 Å². The molecule has 0 spiro atoms. The number of hydrogen-bond donors (Lipinski definition) is 1. The van der Waals surface area contributed by atoms with Gasteiger partial charge in [0.1, 0.15) is 0 Å². The van der Waals surface area contributed by atoms with Crippen LogP contribution in [0.5, 0.6) is 0 Å². The molecule has 1 fully saturated rings. The number of rotatable bonds is 2. The van der Waals surface area contributed by atoms with Gasteiger partial charge in [-0.1, -0.05) is 6.92 Å². The molecule has 0 bridgehead atoms. The maximum absolute atomic E-state index is 5.74. The van der Waals surface area contributed by atoms with Gasteiger partial charge < -0.3 is 15.0 Å². The number of benzene rings is 1. The lowest BCUT2D eigenvalue weighted by atomic mass is 10.0. The third-order valence-electron chi connectivity index (χ3n) is 3.99. The predicted octanol–water partition coefficient (Wildman–Crippen LogP) is 2.66. The summed E-state index contributed by atoms with van der Waals surface area (Å²) in [6, 6.07) is 6.84. The molecule has 3 nitrogen and oxygen atoms in total. The van der Waals surface area contributed by atoms with Crippen LogP contribution in [0.2, 0.25) is 0 Å². The summed E-state index contributed by atoms with van der Waals surface area (Å²) in [5, 5.41) is 3.47. The molecule has 0 amide bonds. The van der Waals surface area contributed by atoms with Crippen LogP contribution in [-0.2, 0) is 11.2 Å². The highest BCUT2D eigenvalue weighted by Gasteiger charge is 2.20. The van der Waals surface area contributed by atoms with Crippen LogP contribution in [0, 0.1) is 0 Å². The van der Waals surface area contributed by atoms with E-state index in [2.05, 4.69) is 35.3 Å². The number of ether oxygens (including phenoxy) is 1. The van der Waals surface area contributed by atoms with Gasteiger partial charge in [-0.15, -0.1) is 0 Å². The van der Waals surface area contributed by atoms with Crippen molar-refractivity contribution in [3.8, 4) is 0 Å². The molecular weight excluding hydrogens is 224 g/mol. The molecule has 0 aromatic heterocycles. The average Bonchev–Trinajstić information content (AvgIpc) is 2.47. The lowest BCUT2D eigenvalue weighted by Crippen LogP contribution is -2.42. The minimum atomic E-state index is 0.396. The minimum absolute atomic E-state index is 0.396. The van der Waals surface area contributed by atoms with Gasteiger partial charge in [-0.05, 0) is 43.0 Å². The van der Waals surface area contributed by atoms with Crippen molar-refractivity contribution in [2.75, 3.05) is 36.5 Å². The number of hydrogen-bond acceptors (Lipinski definition) is 3. The summed E-state index contributed by atoms with van der Waals surface area (Å²) in [4.78, 5) is 2.46. The summed E-state index contributed by atoms with van der Waals surface area (Å²) in [6.07, 6.45) is 3.95. The highest BCUT2D eigenvalue weighted by atomic mass is 16.5. The van der Waals surface area contributed by atoms with E-state index < -0.39 is 0 Å². The Balaban J connectivity index is 1.79. The first-order chi connectivity index (χ1) is 8.86. The molecule has 0 aliphatic carbocycles. The Morgan fingerprint density at radius 1 is 1.44 bits per heavy atom. The van der Waals surface area contributed by atoms with Crippen LogP contribution in [0.25, 0.3) is 0 Å². The number of fused-ring (bicyclic) bond motifs is 1. The number of anilines is 2. The smallest absolute Gasteiger partial charge is 0.0748 e. The number of morpholine rings is 1. The van der Waals surface area contributed by atoms with Crippen LogP contribution >= 0.6 is 0 Å². The van der Waals surface area contributed by atoms with E-state index in [0.29, 0.717) is 6.10 Å². The van der Waals surface area contributed by atoms with Crippen LogP contribution in [0.15, 0.2) is 18.2 Å². The Kier molecular flexibility index (Phi) is 3.41. The third-order valence-corrected chi connectivity index (χ3v) is 3.99. The summed E-state index contributed by atoms with van der Waals surface area (Å²) in [7, 11) is 0. The highest BCUT2D eigenvalue weighted by molar-refractivity contribution is 5.61. The van der Waals surface area contributed by atoms with Crippen molar-refractivity contribution in [3.05, 3.63) is 23.8 Å². The van der Waals surface area contributed by atoms with Crippen molar-refractivity contribution in [2.24, 2.45) is 0 Å². The van der Waals surface area contributed by atoms with Crippen LogP contribution in [0.1, 0.15) is 25.3 Å². The zero-order valence-electron chi connectivity index (χ0n) is 11.1. The molecule has 1 unspecified atom stereocenters. The zero-order chi connectivity index (χ0) is 12.4. The largest absolute Gasteiger partial charge is 0.385 e. The number of nitrogens with zero attached hydrogens (tertiary/aromatic N) is 1. The second-order valence-electron chi connectivity index (χ2n) is 5.22. The third kappa shape index (κ3) is 2.32. The normalized spacial score (nSPS) is 23.4. The van der Waals surface area contributed by atoms with Crippen LogP contribution in [0.4, 0.5) is 11.4 Å². The van der Waals surface area contributed by atoms with Gasteiger partial charge in [0.15, 0.2) is 0 Å². The SMILES string of the molecule is CCC1CN(c2ccc3c(c2)CCCN3)CCO1. The topological polar surface area (TPSA) is 24.5 Å². The van der Waals surface area contributed by atoms with Crippen molar-refractivity contribution in [3.63, 3.8) is 0 Å². The molecule has 3 rings (SSSR count). The molecular formula is C15H22N2O. The highest BCUT2D eigenvalue weighted by Crippen LogP contribution is 2.28. The van der Waals surface area contributed by atoms with E-state index in [0.717, 1.165) is 32.7 Å². The summed E-state index contributed by atoms with van der Waals surface area (Å²) >= 11 is 0. The molecule has 18 heavy (non-hydrogen) atoms. The molecule has 0 radical (unpaired) electrons. The van der Waals surface area contributed by atoms with Gasteiger partial charge in [0.25, 0.3) is 0 Å². The molecule has 1 saturated heterocycles. The first-order valence-electron chi connectivity index (χ1n) is 7.10. The van der Waals surface area contributed by atoms with Crippen molar-refractivity contribution >= 4 is 11.4 Å². The lowest BCUT2D eigenvalue weighted by Gasteiger charge is -2.34. The molecule has 2 aliphatic heterocycles. The van der Waals surface area contributed by atoms with E-state index in [-0.39, 0.29) is 0 Å². The van der Waals surface area contributed by atoms with Gasteiger partial charge in [-0.3, -0.25) is 0 Å². The maximum Gasteiger partial charge on any atom is 0.0748 e. The Morgan fingerprint density at radius 2 is 2.39 bits per heavy atom. The fraction of sp³-hybridized carbons (Fsp3) is 0.600. The van der Waals surface area contributed by atoms with E-state index in [1.54, 1.807) is 0 Å². The molecule has 98 valence electrons. The minimum Gasteiger partial charge on any atom is -0.385 e. The average molecular weight is 246 g/mol. The Morgan fingerprint density at radius 3 is 3.28 bits per heavy atom. The van der Waals surface area contributed by atoms with Crippen molar-refractivity contribution in [2.45, 2.75) is 32.3 Å². The standard InChI is InChI=1S/C15H22N2O/c1-2-14-11-17(8-9-18-14)13-5-6-15-12(10-13)4-3-7-16-15/h5-6,10,14,16H,2-4,7-9,11H2,1H3. The van der Waals surface area contributed by atoms with E-state index in [1.165, 1.54) is 29.8 Å².